The molecule has 15 heavy (non-hydrogen) atoms. The van der Waals surface area contributed by atoms with Crippen molar-refractivity contribution in [2.45, 2.75) is 51.7 Å². The van der Waals surface area contributed by atoms with Crippen LogP contribution in [0.25, 0.3) is 0 Å². The van der Waals surface area contributed by atoms with E-state index in [4.69, 9.17) is 0 Å². The molecule has 1 heterocycles. The van der Waals surface area contributed by atoms with Gasteiger partial charge in [-0.3, -0.25) is 0 Å². The zero-order chi connectivity index (χ0) is 11.3. The van der Waals surface area contributed by atoms with Crippen molar-refractivity contribution in [3.63, 3.8) is 0 Å². The maximum absolute atomic E-state index is 10.2. The Morgan fingerprint density at radius 1 is 1.60 bits per heavy atom. The van der Waals surface area contributed by atoms with Gasteiger partial charge in [-0.1, -0.05) is 20.3 Å². The highest BCUT2D eigenvalue weighted by atomic mass is 32.2. The summed E-state index contributed by atoms with van der Waals surface area (Å²) in [6, 6.07) is 0.610. The van der Waals surface area contributed by atoms with E-state index >= 15 is 0 Å². The molecule has 0 bridgehead atoms. The van der Waals surface area contributed by atoms with Crippen LogP contribution in [0.2, 0.25) is 0 Å². The zero-order valence-electron chi connectivity index (χ0n) is 10.3. The predicted molar refractivity (Wildman–Crippen MR) is 68.4 cm³/mol. The molecule has 1 aliphatic heterocycles. The second-order valence-corrected chi connectivity index (χ2v) is 6.11. The van der Waals surface area contributed by atoms with Crippen LogP contribution in [0.1, 0.15) is 40.0 Å². The minimum Gasteiger partial charge on any atom is -0.389 e. The number of aliphatic hydroxyl groups is 1. The predicted octanol–water partition coefficient (Wildman–Crippen LogP) is 2.27. The third-order valence-electron chi connectivity index (χ3n) is 3.58. The van der Waals surface area contributed by atoms with E-state index < -0.39 is 5.60 Å². The number of rotatable bonds is 5. The number of thioether (sulfide) groups is 1. The third kappa shape index (κ3) is 4.33. The Bertz CT molecular complexity index is 178. The minimum atomic E-state index is -0.559. The van der Waals surface area contributed by atoms with Gasteiger partial charge >= 0.3 is 0 Å². The summed E-state index contributed by atoms with van der Waals surface area (Å²) in [5, 5.41) is 13.8. The third-order valence-corrected chi connectivity index (χ3v) is 4.80. The lowest BCUT2D eigenvalue weighted by atomic mass is 9.88. The summed E-state index contributed by atoms with van der Waals surface area (Å²) in [5.41, 5.74) is -0.559. The van der Waals surface area contributed by atoms with E-state index in [1.165, 1.54) is 24.3 Å². The molecule has 0 aliphatic carbocycles. The lowest BCUT2D eigenvalue weighted by Gasteiger charge is -2.33. The van der Waals surface area contributed by atoms with Crippen molar-refractivity contribution in [2.24, 2.45) is 5.92 Å². The number of hydrogen-bond acceptors (Lipinski definition) is 3. The lowest BCUT2D eigenvalue weighted by Crippen LogP contribution is -2.47. The van der Waals surface area contributed by atoms with Gasteiger partial charge in [-0.2, -0.15) is 11.8 Å². The minimum absolute atomic E-state index is 0.362. The van der Waals surface area contributed by atoms with E-state index in [1.54, 1.807) is 0 Å². The van der Waals surface area contributed by atoms with Crippen LogP contribution in [0.5, 0.6) is 0 Å². The molecule has 1 fully saturated rings. The molecule has 1 rings (SSSR count). The first kappa shape index (κ1) is 13.3. The van der Waals surface area contributed by atoms with Gasteiger partial charge in [0.15, 0.2) is 0 Å². The number of hydrogen-bond donors (Lipinski definition) is 2. The molecule has 2 nitrogen and oxygen atoms in total. The summed E-state index contributed by atoms with van der Waals surface area (Å²) in [5.74, 6) is 2.87. The summed E-state index contributed by atoms with van der Waals surface area (Å²) in [7, 11) is 0. The second kappa shape index (κ2) is 6.12. The van der Waals surface area contributed by atoms with Crippen LogP contribution in [0, 0.1) is 5.92 Å². The number of nitrogens with one attached hydrogen (secondary N) is 1. The fourth-order valence-corrected chi connectivity index (χ4v) is 2.97. The van der Waals surface area contributed by atoms with Crippen LogP contribution in [0.3, 0.4) is 0 Å². The van der Waals surface area contributed by atoms with Crippen molar-refractivity contribution < 1.29 is 5.11 Å². The molecular weight excluding hydrogens is 206 g/mol. The second-order valence-electron chi connectivity index (χ2n) is 4.96. The lowest BCUT2D eigenvalue weighted by molar-refractivity contribution is 0.00357. The highest BCUT2D eigenvalue weighted by Crippen LogP contribution is 2.21. The summed E-state index contributed by atoms with van der Waals surface area (Å²) < 4.78 is 0. The van der Waals surface area contributed by atoms with Crippen molar-refractivity contribution in [1.82, 2.24) is 5.32 Å². The fraction of sp³-hybridized carbons (Fsp3) is 1.00. The Hall–Kier alpha value is 0.270. The monoisotopic (exact) mass is 231 g/mol. The van der Waals surface area contributed by atoms with E-state index in [0.717, 1.165) is 13.0 Å². The van der Waals surface area contributed by atoms with E-state index in [9.17, 15) is 5.11 Å². The molecule has 0 aromatic carbocycles. The van der Waals surface area contributed by atoms with Crippen molar-refractivity contribution in [1.29, 1.82) is 0 Å². The molecular formula is C12H25NOS. The van der Waals surface area contributed by atoms with Crippen molar-refractivity contribution in [2.75, 3.05) is 18.1 Å². The molecule has 3 atom stereocenters. The largest absolute Gasteiger partial charge is 0.389 e. The van der Waals surface area contributed by atoms with E-state index in [1.807, 2.05) is 18.7 Å². The SMILES string of the molecule is CCC(C)C(C)(O)CNC1CCCSC1. The Morgan fingerprint density at radius 2 is 2.33 bits per heavy atom. The molecule has 0 aromatic heterocycles. The maximum atomic E-state index is 10.2. The molecule has 90 valence electrons. The first-order valence-electron chi connectivity index (χ1n) is 6.09. The van der Waals surface area contributed by atoms with Crippen LogP contribution in [-0.4, -0.2) is 34.8 Å². The molecule has 1 aliphatic rings. The standard InChI is InChI=1S/C12H25NOS/c1-4-10(2)12(3,14)9-13-11-6-5-7-15-8-11/h10-11,13-14H,4-9H2,1-3H3. The molecule has 0 radical (unpaired) electrons. The Balaban J connectivity index is 2.27. The molecule has 3 unspecified atom stereocenters. The van der Waals surface area contributed by atoms with Crippen LogP contribution >= 0.6 is 11.8 Å². The Morgan fingerprint density at radius 3 is 2.87 bits per heavy atom. The van der Waals surface area contributed by atoms with Crippen molar-refractivity contribution in [3.8, 4) is 0 Å². The van der Waals surface area contributed by atoms with Crippen LogP contribution < -0.4 is 5.32 Å². The van der Waals surface area contributed by atoms with Crippen LogP contribution in [0.4, 0.5) is 0 Å². The molecule has 0 aromatic rings. The van der Waals surface area contributed by atoms with Crippen LogP contribution in [-0.2, 0) is 0 Å². The van der Waals surface area contributed by atoms with Gasteiger partial charge in [-0.25, -0.2) is 0 Å². The maximum Gasteiger partial charge on any atom is 0.0768 e. The van der Waals surface area contributed by atoms with E-state index in [0.29, 0.717) is 12.0 Å². The van der Waals surface area contributed by atoms with Crippen molar-refractivity contribution in [3.05, 3.63) is 0 Å². The average Bonchev–Trinajstić information content (AvgIpc) is 2.27. The molecule has 1 saturated heterocycles. The molecule has 2 N–H and O–H groups in total. The highest BCUT2D eigenvalue weighted by molar-refractivity contribution is 7.99. The van der Waals surface area contributed by atoms with Gasteiger partial charge in [-0.05, 0) is 31.4 Å². The first-order valence-corrected chi connectivity index (χ1v) is 7.25. The molecule has 0 spiro atoms. The smallest absolute Gasteiger partial charge is 0.0768 e. The Kier molecular flexibility index (Phi) is 5.44. The Labute approximate surface area is 98.2 Å². The van der Waals surface area contributed by atoms with Crippen molar-refractivity contribution >= 4 is 11.8 Å². The van der Waals surface area contributed by atoms with Gasteiger partial charge in [0.25, 0.3) is 0 Å². The van der Waals surface area contributed by atoms with Gasteiger partial charge in [-0.15, -0.1) is 0 Å². The zero-order valence-corrected chi connectivity index (χ0v) is 11.1. The van der Waals surface area contributed by atoms with E-state index in [-0.39, 0.29) is 0 Å². The topological polar surface area (TPSA) is 32.3 Å². The van der Waals surface area contributed by atoms with E-state index in [2.05, 4.69) is 19.2 Å². The fourth-order valence-electron chi connectivity index (χ4n) is 1.87. The highest BCUT2D eigenvalue weighted by Gasteiger charge is 2.27. The first-order chi connectivity index (χ1) is 7.06. The molecule has 3 heteroatoms. The van der Waals surface area contributed by atoms with Gasteiger partial charge in [0, 0.05) is 18.3 Å². The van der Waals surface area contributed by atoms with Gasteiger partial charge in [0.05, 0.1) is 5.60 Å². The summed E-state index contributed by atoms with van der Waals surface area (Å²) in [6.45, 7) is 6.93. The van der Waals surface area contributed by atoms with Gasteiger partial charge in [0.2, 0.25) is 0 Å². The van der Waals surface area contributed by atoms with Gasteiger partial charge < -0.3 is 10.4 Å². The quantitative estimate of drug-likeness (QED) is 0.761. The normalized spacial score (nSPS) is 28.4. The molecule has 0 saturated carbocycles. The average molecular weight is 231 g/mol. The molecule has 0 amide bonds. The summed E-state index contributed by atoms with van der Waals surface area (Å²) in [4.78, 5) is 0. The summed E-state index contributed by atoms with van der Waals surface area (Å²) >= 11 is 2.02. The summed E-state index contributed by atoms with van der Waals surface area (Å²) in [6.07, 6.45) is 3.62. The van der Waals surface area contributed by atoms with Crippen LogP contribution in [0.15, 0.2) is 0 Å². The van der Waals surface area contributed by atoms with Gasteiger partial charge in [0.1, 0.15) is 0 Å².